The molecule has 2 aromatic carbocycles. The van der Waals surface area contributed by atoms with E-state index in [0.717, 1.165) is 0 Å². The smallest absolute Gasteiger partial charge is 0.243 e. The number of hydrogen-bond donors (Lipinski definition) is 8. The standard InChI is InChI=1S/C41H60N6O8/c1-9-25(8)35-41(55)45-33(21-27-12-16-29(49)17-13-27)38(52)46-34(24(6)7)40(54)44-31(19-23(4)5)37(51)42-30(18-22(2)3)36(50)43-32(39(53)47-35)20-26-10-14-28(48)15-11-26/h10-17,22-25,30-35,48-49H,9,18-21H2,1-8H3,(H,42,51)(H,43,50)(H,44,54)(H,45,55)(H,46,52)(H,47,53). The average molecular weight is 765 g/mol. The molecule has 0 spiro atoms. The van der Waals surface area contributed by atoms with E-state index in [9.17, 15) is 39.0 Å². The SMILES string of the molecule is CCC(C)C1NC(=O)C(Cc2ccc(O)cc2)NC(=O)C(CC(C)C)NC(=O)C(CC(C)C)NC(=O)C(C(C)C)NC(=O)C(Cc2ccc(O)cc2)NC1=O. The first kappa shape index (κ1) is 44.3. The maximum absolute atomic E-state index is 14.2. The van der Waals surface area contributed by atoms with Crippen LogP contribution in [0.1, 0.15) is 85.8 Å². The molecule has 0 aliphatic carbocycles. The van der Waals surface area contributed by atoms with Gasteiger partial charge in [0.25, 0.3) is 0 Å². The predicted molar refractivity (Wildman–Crippen MR) is 208 cm³/mol. The number of nitrogens with one attached hydrogen (secondary N) is 6. The van der Waals surface area contributed by atoms with Crippen molar-refractivity contribution in [3.8, 4) is 11.5 Å². The lowest BCUT2D eigenvalue weighted by atomic mass is 9.95. The summed E-state index contributed by atoms with van der Waals surface area (Å²) in [6.07, 6.45) is 0.898. The second-order valence-corrected chi connectivity index (χ2v) is 15.8. The summed E-state index contributed by atoms with van der Waals surface area (Å²) in [5.74, 6) is -4.71. The Kier molecular flexibility index (Phi) is 16.5. The van der Waals surface area contributed by atoms with Crippen molar-refractivity contribution in [3.63, 3.8) is 0 Å². The normalized spacial score (nSPS) is 24.2. The molecule has 302 valence electrons. The monoisotopic (exact) mass is 764 g/mol. The van der Waals surface area contributed by atoms with Crippen LogP contribution in [0.5, 0.6) is 11.5 Å². The molecular weight excluding hydrogens is 704 g/mol. The van der Waals surface area contributed by atoms with Crippen molar-refractivity contribution in [1.82, 2.24) is 31.9 Å². The van der Waals surface area contributed by atoms with Gasteiger partial charge in [-0.1, -0.05) is 86.1 Å². The Bertz CT molecular complexity index is 1630. The molecule has 1 saturated heterocycles. The number of rotatable bonds is 11. The topological polar surface area (TPSA) is 215 Å². The first-order chi connectivity index (χ1) is 25.9. The molecule has 0 aromatic heterocycles. The Morgan fingerprint density at radius 1 is 0.473 bits per heavy atom. The van der Waals surface area contributed by atoms with Crippen LogP contribution in [0.2, 0.25) is 0 Å². The quantitative estimate of drug-likeness (QED) is 0.170. The first-order valence-electron chi connectivity index (χ1n) is 19.3. The van der Waals surface area contributed by atoms with Gasteiger partial charge in [0.2, 0.25) is 35.4 Å². The van der Waals surface area contributed by atoms with Crippen molar-refractivity contribution in [1.29, 1.82) is 0 Å². The molecule has 6 amide bonds. The molecule has 3 rings (SSSR count). The van der Waals surface area contributed by atoms with E-state index >= 15 is 0 Å². The van der Waals surface area contributed by atoms with Crippen molar-refractivity contribution in [2.24, 2.45) is 23.7 Å². The van der Waals surface area contributed by atoms with Gasteiger partial charge in [-0.2, -0.15) is 0 Å². The third kappa shape index (κ3) is 13.6. The Labute approximate surface area is 324 Å². The first-order valence-corrected chi connectivity index (χ1v) is 19.3. The van der Waals surface area contributed by atoms with E-state index in [0.29, 0.717) is 17.5 Å². The lowest BCUT2D eigenvalue weighted by molar-refractivity contribution is -0.137. The summed E-state index contributed by atoms with van der Waals surface area (Å²) in [6, 6.07) is 5.46. The number of aromatic hydroxyl groups is 2. The van der Waals surface area contributed by atoms with Gasteiger partial charge in [0.1, 0.15) is 47.8 Å². The number of carbonyl (C=O) groups excluding carboxylic acids is 6. The maximum atomic E-state index is 14.2. The Balaban J connectivity index is 2.16. The van der Waals surface area contributed by atoms with E-state index in [2.05, 4.69) is 31.9 Å². The fraction of sp³-hybridized carbons (Fsp3) is 0.561. The molecule has 7 atom stereocenters. The highest BCUT2D eigenvalue weighted by atomic mass is 16.3. The molecule has 7 unspecified atom stereocenters. The number of phenolic OH excluding ortho intramolecular Hbond substituents is 2. The van der Waals surface area contributed by atoms with Crippen molar-refractivity contribution >= 4 is 35.4 Å². The minimum absolute atomic E-state index is 0.0104. The Morgan fingerprint density at radius 2 is 0.800 bits per heavy atom. The van der Waals surface area contributed by atoms with E-state index in [1.165, 1.54) is 24.3 Å². The zero-order chi connectivity index (χ0) is 41.0. The van der Waals surface area contributed by atoms with E-state index in [1.54, 1.807) is 45.0 Å². The molecular formula is C41H60N6O8. The van der Waals surface area contributed by atoms with Crippen LogP contribution in [-0.4, -0.2) is 81.9 Å². The van der Waals surface area contributed by atoms with E-state index in [1.807, 2.05) is 34.6 Å². The van der Waals surface area contributed by atoms with Gasteiger partial charge in [0.15, 0.2) is 0 Å². The highest BCUT2D eigenvalue weighted by molar-refractivity contribution is 5.98. The minimum Gasteiger partial charge on any atom is -0.508 e. The summed E-state index contributed by atoms with van der Waals surface area (Å²) in [5.41, 5.74) is 1.22. The largest absolute Gasteiger partial charge is 0.508 e. The van der Waals surface area contributed by atoms with Gasteiger partial charge >= 0.3 is 0 Å². The van der Waals surface area contributed by atoms with E-state index < -0.39 is 83.5 Å². The van der Waals surface area contributed by atoms with Crippen LogP contribution in [0, 0.1) is 23.7 Å². The Morgan fingerprint density at radius 3 is 1.18 bits per heavy atom. The molecule has 0 radical (unpaired) electrons. The molecule has 1 aliphatic rings. The van der Waals surface area contributed by atoms with Crippen LogP contribution in [0.15, 0.2) is 48.5 Å². The lowest BCUT2D eigenvalue weighted by Crippen LogP contribution is -2.63. The summed E-state index contributed by atoms with van der Waals surface area (Å²) >= 11 is 0. The second kappa shape index (κ2) is 20.5. The number of carbonyl (C=O) groups is 6. The molecule has 1 aliphatic heterocycles. The van der Waals surface area contributed by atoms with Gasteiger partial charge in [0, 0.05) is 12.8 Å². The van der Waals surface area contributed by atoms with Crippen molar-refractivity contribution in [3.05, 3.63) is 59.7 Å². The molecule has 1 fully saturated rings. The maximum Gasteiger partial charge on any atom is 0.243 e. The van der Waals surface area contributed by atoms with Crippen LogP contribution >= 0.6 is 0 Å². The van der Waals surface area contributed by atoms with Crippen molar-refractivity contribution in [2.75, 3.05) is 0 Å². The third-order valence-corrected chi connectivity index (χ3v) is 9.74. The summed E-state index contributed by atoms with van der Waals surface area (Å²) in [6.45, 7) is 14.7. The van der Waals surface area contributed by atoms with E-state index in [-0.39, 0.29) is 49.0 Å². The van der Waals surface area contributed by atoms with Crippen molar-refractivity contribution in [2.45, 2.75) is 124 Å². The molecule has 0 bridgehead atoms. The Hall–Kier alpha value is -5.14. The zero-order valence-corrected chi connectivity index (χ0v) is 33.3. The summed E-state index contributed by atoms with van der Waals surface area (Å²) in [5, 5.41) is 36.6. The third-order valence-electron chi connectivity index (χ3n) is 9.74. The van der Waals surface area contributed by atoms with Gasteiger partial charge in [0.05, 0.1) is 0 Å². The second-order valence-electron chi connectivity index (χ2n) is 15.8. The zero-order valence-electron chi connectivity index (χ0n) is 33.3. The van der Waals surface area contributed by atoms with Gasteiger partial charge in [-0.3, -0.25) is 28.8 Å². The fourth-order valence-corrected chi connectivity index (χ4v) is 6.37. The molecule has 0 saturated carbocycles. The van der Waals surface area contributed by atoms with E-state index in [4.69, 9.17) is 0 Å². The van der Waals surface area contributed by atoms with Crippen molar-refractivity contribution < 1.29 is 39.0 Å². The molecule has 2 aromatic rings. The molecule has 55 heavy (non-hydrogen) atoms. The van der Waals surface area contributed by atoms with Crippen LogP contribution < -0.4 is 31.9 Å². The number of phenols is 2. The highest BCUT2D eigenvalue weighted by Gasteiger charge is 2.37. The van der Waals surface area contributed by atoms with Gasteiger partial charge < -0.3 is 42.1 Å². The molecule has 14 heteroatoms. The van der Waals surface area contributed by atoms with Gasteiger partial charge in [-0.05, 0) is 71.9 Å². The summed E-state index contributed by atoms with van der Waals surface area (Å²) in [7, 11) is 0. The summed E-state index contributed by atoms with van der Waals surface area (Å²) < 4.78 is 0. The molecule has 8 N–H and O–H groups in total. The number of amides is 6. The van der Waals surface area contributed by atoms with Gasteiger partial charge in [-0.25, -0.2) is 0 Å². The van der Waals surface area contributed by atoms with Crippen LogP contribution in [0.25, 0.3) is 0 Å². The number of hydrogen-bond acceptors (Lipinski definition) is 8. The van der Waals surface area contributed by atoms with Gasteiger partial charge in [-0.15, -0.1) is 0 Å². The highest BCUT2D eigenvalue weighted by Crippen LogP contribution is 2.17. The van der Waals surface area contributed by atoms with Crippen LogP contribution in [0.4, 0.5) is 0 Å². The minimum atomic E-state index is -1.22. The summed E-state index contributed by atoms with van der Waals surface area (Å²) in [4.78, 5) is 84.4. The molecule has 1 heterocycles. The van der Waals surface area contributed by atoms with Crippen LogP contribution in [-0.2, 0) is 41.6 Å². The average Bonchev–Trinajstić information content (AvgIpc) is 3.11. The predicted octanol–water partition coefficient (Wildman–Crippen LogP) is 2.60. The molecule has 14 nitrogen and oxygen atoms in total. The lowest BCUT2D eigenvalue weighted by Gasteiger charge is -2.31. The number of benzene rings is 2. The van der Waals surface area contributed by atoms with Crippen LogP contribution in [0.3, 0.4) is 0 Å². The fourth-order valence-electron chi connectivity index (χ4n) is 6.37.